The maximum absolute atomic E-state index is 14.2. The van der Waals surface area contributed by atoms with Crippen LogP contribution in [-0.2, 0) is 14.8 Å². The first-order valence-corrected chi connectivity index (χ1v) is 13.1. The van der Waals surface area contributed by atoms with Gasteiger partial charge in [0.15, 0.2) is 5.82 Å². The molecule has 0 amide bonds. The van der Waals surface area contributed by atoms with Gasteiger partial charge in [0.25, 0.3) is 6.43 Å². The molecule has 0 atom stereocenters. The number of anilines is 2. The van der Waals surface area contributed by atoms with Gasteiger partial charge in [-0.15, -0.1) is 0 Å². The first kappa shape index (κ1) is 26.9. The van der Waals surface area contributed by atoms with E-state index in [2.05, 4.69) is 19.9 Å². The van der Waals surface area contributed by atoms with Crippen LogP contribution < -0.4 is 19.7 Å². The van der Waals surface area contributed by atoms with Crippen LogP contribution >= 0.6 is 0 Å². The van der Waals surface area contributed by atoms with Gasteiger partial charge in [-0.25, -0.2) is 27.3 Å². The fraction of sp³-hybridized carbons (Fsp3) is 0.545. The molecule has 0 aliphatic carbocycles. The minimum Gasteiger partial charge on any atom is -0.494 e. The van der Waals surface area contributed by atoms with E-state index in [4.69, 9.17) is 14.6 Å². The molecule has 3 aromatic rings. The van der Waals surface area contributed by atoms with Crippen molar-refractivity contribution in [2.75, 3.05) is 56.3 Å². The van der Waals surface area contributed by atoms with Gasteiger partial charge in [0.2, 0.25) is 27.9 Å². The number of imidazole rings is 1. The number of primary sulfonamides is 1. The lowest BCUT2D eigenvalue weighted by Crippen LogP contribution is -2.43. The molecule has 0 bridgehead atoms. The number of methoxy groups -OCH3 is 1. The summed E-state index contributed by atoms with van der Waals surface area (Å²) in [6.45, 7) is 2.68. The highest BCUT2D eigenvalue weighted by molar-refractivity contribution is 7.89. The molecule has 2 N–H and O–H groups in total. The molecule has 15 heteroatoms. The van der Waals surface area contributed by atoms with Crippen LogP contribution in [0.2, 0.25) is 0 Å². The maximum Gasteiger partial charge on any atom is 0.296 e. The lowest BCUT2D eigenvalue weighted by atomic mass is 10.1. The molecule has 2 fully saturated rings. The Labute approximate surface area is 213 Å². The molecular weight excluding hydrogens is 510 g/mol. The number of nitrogens with two attached hydrogens (primary N) is 1. The molecular formula is C22H30F2N8O4S. The van der Waals surface area contributed by atoms with E-state index < -0.39 is 27.5 Å². The first-order valence-electron chi connectivity index (χ1n) is 11.5. The van der Waals surface area contributed by atoms with Crippen LogP contribution in [0.1, 0.15) is 32.5 Å². The maximum atomic E-state index is 14.2. The van der Waals surface area contributed by atoms with Crippen LogP contribution in [0, 0.1) is 0 Å². The zero-order chi connectivity index (χ0) is 25.4. The number of ether oxygens (including phenoxy) is 2. The van der Waals surface area contributed by atoms with E-state index in [1.54, 1.807) is 18.2 Å². The lowest BCUT2D eigenvalue weighted by Gasteiger charge is -2.32. The van der Waals surface area contributed by atoms with Gasteiger partial charge in [0.1, 0.15) is 11.3 Å². The molecule has 2 aromatic heterocycles. The number of halogens is 2. The highest BCUT2D eigenvalue weighted by Gasteiger charge is 2.30. The van der Waals surface area contributed by atoms with Crippen molar-refractivity contribution >= 4 is 33.0 Å². The van der Waals surface area contributed by atoms with Crippen LogP contribution in [0.5, 0.6) is 5.75 Å². The van der Waals surface area contributed by atoms with Crippen molar-refractivity contribution in [1.82, 2.24) is 24.5 Å². The number of benzene rings is 1. The van der Waals surface area contributed by atoms with Gasteiger partial charge in [-0.2, -0.15) is 15.0 Å². The van der Waals surface area contributed by atoms with E-state index in [0.29, 0.717) is 69.4 Å². The molecule has 1 aromatic carbocycles. The summed E-state index contributed by atoms with van der Waals surface area (Å²) < 4.78 is 63.8. The quantitative estimate of drug-likeness (QED) is 0.493. The van der Waals surface area contributed by atoms with Crippen LogP contribution in [0.3, 0.4) is 0 Å². The third-order valence-corrected chi connectivity index (χ3v) is 7.77. The molecule has 0 saturated carbocycles. The second kappa shape index (κ2) is 10.7. The average molecular weight is 541 g/mol. The standard InChI is InChI=1S/C21H26F2N8O4S.CH4/c1-34-15-4-2-3-14-16(15)25-18(17(22)23)31(14)21-27-19(26-20(28-21)30-9-11-35-12-10-30)29-7-5-13(6-8-29)36(24,32)33;/h2-4,13,17H,5-12H2,1H3,(H2,24,32,33);1H4. The zero-order valence-corrected chi connectivity index (χ0v) is 20.4. The second-order valence-electron chi connectivity index (χ2n) is 8.54. The number of morpholine rings is 1. The lowest BCUT2D eigenvalue weighted by molar-refractivity contribution is 0.122. The van der Waals surface area contributed by atoms with Crippen molar-refractivity contribution in [3.05, 3.63) is 24.0 Å². The Bertz CT molecular complexity index is 1360. The van der Waals surface area contributed by atoms with Gasteiger partial charge in [-0.05, 0) is 25.0 Å². The third-order valence-electron chi connectivity index (χ3n) is 6.37. The van der Waals surface area contributed by atoms with Crippen LogP contribution in [0.15, 0.2) is 18.2 Å². The molecule has 0 radical (unpaired) electrons. The number of hydrogen-bond acceptors (Lipinski definition) is 10. The van der Waals surface area contributed by atoms with Gasteiger partial charge in [0, 0.05) is 26.2 Å². The summed E-state index contributed by atoms with van der Waals surface area (Å²) in [7, 11) is -2.21. The Morgan fingerprint density at radius 3 is 2.16 bits per heavy atom. The number of para-hydroxylation sites is 1. The summed E-state index contributed by atoms with van der Waals surface area (Å²) in [4.78, 5) is 21.6. The van der Waals surface area contributed by atoms with E-state index in [-0.39, 0.29) is 24.8 Å². The molecule has 5 rings (SSSR count). The molecule has 0 unspecified atom stereocenters. The number of hydrogen-bond donors (Lipinski definition) is 1. The van der Waals surface area contributed by atoms with Crippen molar-refractivity contribution in [2.24, 2.45) is 5.14 Å². The van der Waals surface area contributed by atoms with Crippen molar-refractivity contribution < 1.29 is 26.7 Å². The topological polar surface area (TPSA) is 142 Å². The Balaban J connectivity index is 0.00000320. The molecule has 0 spiro atoms. The summed E-state index contributed by atoms with van der Waals surface area (Å²) in [5, 5.41) is 4.68. The zero-order valence-electron chi connectivity index (χ0n) is 19.5. The van der Waals surface area contributed by atoms with E-state index in [9.17, 15) is 17.2 Å². The summed E-state index contributed by atoms with van der Waals surface area (Å²) in [6.07, 6.45) is -2.29. The van der Waals surface area contributed by atoms with Gasteiger partial charge in [-0.3, -0.25) is 4.57 Å². The van der Waals surface area contributed by atoms with E-state index in [0.717, 1.165) is 0 Å². The summed E-state index contributed by atoms with van der Waals surface area (Å²) >= 11 is 0. The summed E-state index contributed by atoms with van der Waals surface area (Å²) in [5.41, 5.74) is 0.627. The molecule has 37 heavy (non-hydrogen) atoms. The van der Waals surface area contributed by atoms with Crippen LogP contribution in [0.25, 0.3) is 17.0 Å². The van der Waals surface area contributed by atoms with Crippen LogP contribution in [0.4, 0.5) is 20.7 Å². The number of alkyl halides is 2. The fourth-order valence-corrected chi connectivity index (χ4v) is 5.35. The molecule has 2 saturated heterocycles. The van der Waals surface area contributed by atoms with Crippen molar-refractivity contribution in [3.8, 4) is 11.7 Å². The highest BCUT2D eigenvalue weighted by Crippen LogP contribution is 2.32. The Morgan fingerprint density at radius 1 is 1.00 bits per heavy atom. The van der Waals surface area contributed by atoms with E-state index in [1.807, 2.05) is 9.80 Å². The monoisotopic (exact) mass is 540 g/mol. The minimum absolute atomic E-state index is 0. The van der Waals surface area contributed by atoms with Crippen molar-refractivity contribution in [3.63, 3.8) is 0 Å². The molecule has 4 heterocycles. The Kier molecular flexibility index (Phi) is 7.75. The van der Waals surface area contributed by atoms with Gasteiger partial charge >= 0.3 is 0 Å². The smallest absolute Gasteiger partial charge is 0.296 e. The predicted octanol–water partition coefficient (Wildman–Crippen LogP) is 1.89. The van der Waals surface area contributed by atoms with E-state index in [1.165, 1.54) is 11.7 Å². The third kappa shape index (κ3) is 5.29. The second-order valence-corrected chi connectivity index (χ2v) is 10.4. The molecule has 12 nitrogen and oxygen atoms in total. The van der Waals surface area contributed by atoms with E-state index >= 15 is 0 Å². The molecule has 2 aliphatic rings. The Hall–Kier alpha value is -3.17. The molecule has 202 valence electrons. The number of sulfonamides is 1. The van der Waals surface area contributed by atoms with Crippen molar-refractivity contribution in [1.29, 1.82) is 0 Å². The largest absolute Gasteiger partial charge is 0.494 e. The summed E-state index contributed by atoms with van der Waals surface area (Å²) in [6, 6.07) is 4.96. The predicted molar refractivity (Wildman–Crippen MR) is 134 cm³/mol. The van der Waals surface area contributed by atoms with Crippen LogP contribution in [-0.4, -0.2) is 84.7 Å². The SMILES string of the molecule is C.COc1cccc2c1nc(C(F)F)n2-c1nc(N2CCOCC2)nc(N2CCC(S(N)(=O)=O)CC2)n1. The number of fused-ring (bicyclic) bond motifs is 1. The number of rotatable bonds is 6. The highest BCUT2D eigenvalue weighted by atomic mass is 32.2. The van der Waals surface area contributed by atoms with Crippen molar-refractivity contribution in [2.45, 2.75) is 31.9 Å². The van der Waals surface area contributed by atoms with Gasteiger partial charge in [0.05, 0.1) is 31.1 Å². The average Bonchev–Trinajstić information content (AvgIpc) is 3.29. The fourth-order valence-electron chi connectivity index (χ4n) is 4.49. The number of nitrogens with zero attached hydrogens (tertiary/aromatic N) is 7. The number of aromatic nitrogens is 5. The normalized spacial score (nSPS) is 17.3. The first-order chi connectivity index (χ1) is 17.3. The number of piperidine rings is 1. The summed E-state index contributed by atoms with van der Waals surface area (Å²) in [5.74, 6) is 0.394. The minimum atomic E-state index is -3.66. The van der Waals surface area contributed by atoms with Gasteiger partial charge < -0.3 is 19.3 Å². The van der Waals surface area contributed by atoms with Gasteiger partial charge in [-0.1, -0.05) is 13.5 Å². The Morgan fingerprint density at radius 2 is 1.59 bits per heavy atom. The molecule has 2 aliphatic heterocycles.